The van der Waals surface area contributed by atoms with Crippen LogP contribution in [0.2, 0.25) is 0 Å². The molecule has 324 valence electrons. The number of nitrogens with one attached hydrogen (secondary N) is 3. The zero-order chi connectivity index (χ0) is 45.3. The molecular formula is C44H44F2N12O5. The summed E-state index contributed by atoms with van der Waals surface area (Å²) in [6, 6.07) is 25.5. The summed E-state index contributed by atoms with van der Waals surface area (Å²) in [6.45, 7) is 12.1. The van der Waals surface area contributed by atoms with Crippen molar-refractivity contribution in [2.24, 2.45) is 5.73 Å². The summed E-state index contributed by atoms with van der Waals surface area (Å²) in [4.78, 5) is 40.5. The molecule has 8 aromatic rings. The molecular weight excluding hydrogens is 815 g/mol. The normalized spacial score (nSPS) is 11.3. The highest BCUT2D eigenvalue weighted by Gasteiger charge is 2.27. The predicted octanol–water partition coefficient (Wildman–Crippen LogP) is 7.27. The lowest BCUT2D eigenvalue weighted by atomic mass is 9.92. The Morgan fingerprint density at radius 2 is 1.08 bits per heavy atom. The van der Waals surface area contributed by atoms with Gasteiger partial charge in [0, 0.05) is 65.6 Å². The van der Waals surface area contributed by atoms with Gasteiger partial charge in [-0.25, -0.2) is 23.5 Å². The molecule has 0 saturated heterocycles. The van der Waals surface area contributed by atoms with Gasteiger partial charge in [0.25, 0.3) is 5.91 Å². The lowest BCUT2D eigenvalue weighted by molar-refractivity contribution is 0.0696. The van der Waals surface area contributed by atoms with Gasteiger partial charge in [0.2, 0.25) is 23.4 Å². The van der Waals surface area contributed by atoms with E-state index in [4.69, 9.17) is 19.9 Å². The van der Waals surface area contributed by atoms with Crippen LogP contribution in [0.5, 0.6) is 0 Å². The van der Waals surface area contributed by atoms with Crippen molar-refractivity contribution in [3.8, 4) is 45.6 Å². The van der Waals surface area contributed by atoms with Crippen LogP contribution in [0.1, 0.15) is 71.8 Å². The van der Waals surface area contributed by atoms with Crippen molar-refractivity contribution in [1.29, 1.82) is 0 Å². The van der Waals surface area contributed by atoms with Crippen molar-refractivity contribution in [2.45, 2.75) is 52.4 Å². The van der Waals surface area contributed by atoms with E-state index in [2.05, 4.69) is 56.0 Å². The third kappa shape index (κ3) is 11.5. The van der Waals surface area contributed by atoms with Crippen LogP contribution in [-0.4, -0.2) is 80.7 Å². The van der Waals surface area contributed by atoms with Gasteiger partial charge >= 0.3 is 5.97 Å². The standard InChI is InChI=1S/C22H21FN6O2.C12H15FN4.C10H8N2O3/c1-13-25-19(29-31-13)15-5-4-6-16(11-15)20(30)24-12-22(2,3)21-26-18(27-28-21)14-7-9-17(23)10-8-14;1-12(2,7-14)11-15-10(16-17-11)8-3-5-9(13)6-4-8;1-6-11-9(12-15-6)7-3-2-4-8(5-7)10(13)14/h4-11H,12H2,1-3H3,(H,24,30)(H,26,27,28);3-6H,7,14H2,1-2H3,(H,15,16,17);2-5H,1H3,(H,13,14). The van der Waals surface area contributed by atoms with E-state index in [9.17, 15) is 18.4 Å². The predicted molar refractivity (Wildman–Crippen MR) is 227 cm³/mol. The van der Waals surface area contributed by atoms with Crippen molar-refractivity contribution < 1.29 is 32.5 Å². The summed E-state index contributed by atoms with van der Waals surface area (Å²) in [7, 11) is 0. The number of H-pyrrole nitrogens is 2. The second-order valence-electron chi connectivity index (χ2n) is 15.4. The second kappa shape index (κ2) is 19.3. The number of amides is 1. The molecule has 4 heterocycles. The summed E-state index contributed by atoms with van der Waals surface area (Å²) < 4.78 is 35.7. The van der Waals surface area contributed by atoms with Crippen LogP contribution in [0.3, 0.4) is 0 Å². The molecule has 63 heavy (non-hydrogen) atoms. The minimum absolute atomic E-state index is 0.204. The summed E-state index contributed by atoms with van der Waals surface area (Å²) in [5, 5.41) is 33.5. The number of carboxylic acid groups (broad SMARTS) is 1. The molecule has 0 radical (unpaired) electrons. The Labute approximate surface area is 359 Å². The van der Waals surface area contributed by atoms with Crippen LogP contribution in [0.15, 0.2) is 106 Å². The van der Waals surface area contributed by atoms with Crippen molar-refractivity contribution in [2.75, 3.05) is 13.1 Å². The number of rotatable bonds is 11. The van der Waals surface area contributed by atoms with Gasteiger partial charge in [0.1, 0.15) is 23.3 Å². The SMILES string of the molecule is CC(C)(CN)c1nc(-c2ccc(F)cc2)n[nH]1.Cc1nc(-c2cccc(C(=O)NCC(C)(C)c3nc(-c4ccc(F)cc4)n[nH]3)c2)no1.Cc1nc(-c2cccc(C(=O)O)c2)no1. The van der Waals surface area contributed by atoms with Gasteiger partial charge in [0.15, 0.2) is 11.6 Å². The lowest BCUT2D eigenvalue weighted by Crippen LogP contribution is -2.37. The third-order valence-corrected chi connectivity index (χ3v) is 9.46. The molecule has 19 heteroatoms. The number of hydrogen-bond acceptors (Lipinski definition) is 13. The molecule has 0 fully saturated rings. The highest BCUT2D eigenvalue weighted by atomic mass is 19.1. The smallest absolute Gasteiger partial charge is 0.335 e. The van der Waals surface area contributed by atoms with E-state index >= 15 is 0 Å². The number of halogens is 2. The van der Waals surface area contributed by atoms with Crippen molar-refractivity contribution in [3.05, 3.63) is 143 Å². The van der Waals surface area contributed by atoms with Crippen LogP contribution in [0, 0.1) is 25.5 Å². The van der Waals surface area contributed by atoms with E-state index in [1.807, 2.05) is 33.8 Å². The molecule has 4 aromatic heterocycles. The molecule has 6 N–H and O–H groups in total. The number of carbonyl (C=O) groups excluding carboxylic acids is 1. The Bertz CT molecular complexity index is 2790. The molecule has 0 bridgehead atoms. The van der Waals surface area contributed by atoms with Crippen molar-refractivity contribution in [3.63, 3.8) is 0 Å². The minimum Gasteiger partial charge on any atom is -0.478 e. The second-order valence-corrected chi connectivity index (χ2v) is 15.4. The zero-order valence-electron chi connectivity index (χ0n) is 35.1. The summed E-state index contributed by atoms with van der Waals surface area (Å²) >= 11 is 0. The Morgan fingerprint density at radius 1 is 0.635 bits per heavy atom. The molecule has 0 aliphatic carbocycles. The number of aryl methyl sites for hydroxylation is 2. The highest BCUT2D eigenvalue weighted by molar-refractivity contribution is 5.95. The van der Waals surface area contributed by atoms with Gasteiger partial charge in [-0.3, -0.25) is 15.0 Å². The molecule has 4 aromatic carbocycles. The van der Waals surface area contributed by atoms with E-state index in [0.717, 1.165) is 11.4 Å². The first-order valence-electron chi connectivity index (χ1n) is 19.4. The van der Waals surface area contributed by atoms with Gasteiger partial charge in [-0.15, -0.1) is 0 Å². The molecule has 1 amide bonds. The number of nitrogens with two attached hydrogens (primary N) is 1. The maximum Gasteiger partial charge on any atom is 0.335 e. The van der Waals surface area contributed by atoms with Crippen LogP contribution in [0.4, 0.5) is 8.78 Å². The van der Waals surface area contributed by atoms with Gasteiger partial charge in [-0.1, -0.05) is 62.3 Å². The number of carboxylic acids is 1. The fourth-order valence-electron chi connectivity index (χ4n) is 5.59. The van der Waals surface area contributed by atoms with Crippen LogP contribution >= 0.6 is 0 Å². The van der Waals surface area contributed by atoms with E-state index in [1.54, 1.807) is 68.4 Å². The monoisotopic (exact) mass is 858 g/mol. The molecule has 0 atom stereocenters. The van der Waals surface area contributed by atoms with Crippen LogP contribution in [0.25, 0.3) is 45.6 Å². The van der Waals surface area contributed by atoms with E-state index in [0.29, 0.717) is 76.2 Å². The first kappa shape index (κ1) is 44.7. The highest BCUT2D eigenvalue weighted by Crippen LogP contribution is 2.24. The molecule has 0 saturated carbocycles. The average Bonchev–Trinajstić information content (AvgIpc) is 4.13. The van der Waals surface area contributed by atoms with E-state index < -0.39 is 11.4 Å². The van der Waals surface area contributed by atoms with Crippen molar-refractivity contribution >= 4 is 11.9 Å². The number of aromatic nitrogens is 10. The fourth-order valence-corrected chi connectivity index (χ4v) is 5.59. The molecule has 0 spiro atoms. The summed E-state index contributed by atoms with van der Waals surface area (Å²) in [5.41, 5.74) is 8.42. The maximum atomic E-state index is 13.1. The molecule has 8 rings (SSSR count). The van der Waals surface area contributed by atoms with Gasteiger partial charge in [0.05, 0.1) is 5.56 Å². The quantitative estimate of drug-likeness (QED) is 0.0858. The third-order valence-electron chi connectivity index (χ3n) is 9.46. The Morgan fingerprint density at radius 3 is 1.51 bits per heavy atom. The molecule has 17 nitrogen and oxygen atoms in total. The Hall–Kier alpha value is -7.80. The number of benzene rings is 4. The number of aromatic carboxylic acids is 1. The number of hydrogen-bond donors (Lipinski definition) is 5. The van der Waals surface area contributed by atoms with E-state index in [-0.39, 0.29) is 28.5 Å². The first-order chi connectivity index (χ1) is 30.0. The summed E-state index contributed by atoms with van der Waals surface area (Å²) in [5.74, 6) is 2.32. The minimum atomic E-state index is -0.975. The maximum absolute atomic E-state index is 13.1. The average molecular weight is 859 g/mol. The summed E-state index contributed by atoms with van der Waals surface area (Å²) in [6.07, 6.45) is 0. The Balaban J connectivity index is 0.000000174. The van der Waals surface area contributed by atoms with Crippen LogP contribution in [-0.2, 0) is 10.8 Å². The van der Waals surface area contributed by atoms with Gasteiger partial charge in [-0.05, 0) is 72.8 Å². The Kier molecular flexibility index (Phi) is 13.7. The number of aromatic amines is 2. The van der Waals surface area contributed by atoms with E-state index in [1.165, 1.54) is 36.4 Å². The lowest BCUT2D eigenvalue weighted by Gasteiger charge is -2.22. The van der Waals surface area contributed by atoms with Gasteiger partial charge in [-0.2, -0.15) is 20.2 Å². The zero-order valence-corrected chi connectivity index (χ0v) is 35.1. The number of nitrogens with zero attached hydrogens (tertiary/aromatic N) is 8. The molecule has 0 aliphatic heterocycles. The topological polar surface area (TPSA) is 253 Å². The van der Waals surface area contributed by atoms with Crippen molar-refractivity contribution in [1.82, 2.24) is 56.0 Å². The number of carbonyl (C=O) groups is 2. The van der Waals surface area contributed by atoms with Gasteiger partial charge < -0.3 is 25.2 Å². The van der Waals surface area contributed by atoms with Crippen LogP contribution < -0.4 is 11.1 Å². The first-order valence-corrected chi connectivity index (χ1v) is 19.4. The molecule has 0 unspecified atom stereocenters. The molecule has 0 aliphatic rings. The fraction of sp³-hybridized carbons (Fsp3) is 0.227. The largest absolute Gasteiger partial charge is 0.478 e.